The number of carbonyl (C=O) groups is 1. The zero-order valence-electron chi connectivity index (χ0n) is 10.6. The number of furan rings is 1. The molecule has 0 aliphatic rings. The molecule has 21 heavy (non-hydrogen) atoms. The van der Waals surface area contributed by atoms with Crippen LogP contribution in [0.3, 0.4) is 0 Å². The van der Waals surface area contributed by atoms with Gasteiger partial charge in [-0.25, -0.2) is 4.98 Å². The maximum absolute atomic E-state index is 12.2. The number of hydrogen-bond donors (Lipinski definition) is 1. The van der Waals surface area contributed by atoms with Gasteiger partial charge in [-0.3, -0.25) is 4.79 Å². The monoisotopic (exact) mass is 321 g/mol. The lowest BCUT2D eigenvalue weighted by molar-refractivity contribution is 0.102. The molecule has 0 aliphatic carbocycles. The van der Waals surface area contributed by atoms with Crippen molar-refractivity contribution in [3.8, 4) is 5.69 Å². The van der Waals surface area contributed by atoms with E-state index in [4.69, 9.17) is 27.6 Å². The number of nitrogens with zero attached hydrogens (tertiary/aromatic N) is 2. The fraction of sp³-hybridized carbons (Fsp3) is 0. The molecule has 0 bridgehead atoms. The second-order valence-corrected chi connectivity index (χ2v) is 4.92. The average molecular weight is 322 g/mol. The highest BCUT2D eigenvalue weighted by atomic mass is 35.5. The quantitative estimate of drug-likeness (QED) is 0.792. The Morgan fingerprint density at radius 1 is 1.29 bits per heavy atom. The van der Waals surface area contributed by atoms with E-state index in [0.717, 1.165) is 0 Å². The number of amides is 1. The SMILES string of the molecule is O=C(Nc1cccc(Cl)c1-n1ccnc1)c1ccoc1Cl. The van der Waals surface area contributed by atoms with Crippen LogP contribution in [0.25, 0.3) is 5.69 Å². The van der Waals surface area contributed by atoms with Crippen molar-refractivity contribution in [2.45, 2.75) is 0 Å². The Morgan fingerprint density at radius 2 is 2.14 bits per heavy atom. The number of benzene rings is 1. The van der Waals surface area contributed by atoms with Crippen LogP contribution in [-0.4, -0.2) is 15.5 Å². The second kappa shape index (κ2) is 5.63. The fourth-order valence-electron chi connectivity index (χ4n) is 1.92. The molecule has 0 unspecified atom stereocenters. The second-order valence-electron chi connectivity index (χ2n) is 4.17. The third-order valence-corrected chi connectivity index (χ3v) is 3.46. The molecule has 1 N–H and O–H groups in total. The van der Waals surface area contributed by atoms with Gasteiger partial charge in [0.2, 0.25) is 5.22 Å². The van der Waals surface area contributed by atoms with E-state index in [9.17, 15) is 4.79 Å². The number of para-hydroxylation sites is 1. The van der Waals surface area contributed by atoms with Crippen molar-refractivity contribution in [1.29, 1.82) is 0 Å². The standard InChI is InChI=1S/C14H9Cl2N3O2/c15-10-2-1-3-11(12(10)19-6-5-17-8-19)18-14(20)9-4-7-21-13(9)16/h1-8H,(H,18,20). The van der Waals surface area contributed by atoms with Crippen molar-refractivity contribution in [2.24, 2.45) is 0 Å². The van der Waals surface area contributed by atoms with Crippen LogP contribution in [0.4, 0.5) is 5.69 Å². The summed E-state index contributed by atoms with van der Waals surface area (Å²) in [6.45, 7) is 0. The number of hydrogen-bond acceptors (Lipinski definition) is 3. The van der Waals surface area contributed by atoms with E-state index in [0.29, 0.717) is 16.4 Å². The molecule has 3 aromatic rings. The number of nitrogens with one attached hydrogen (secondary N) is 1. The van der Waals surface area contributed by atoms with Gasteiger partial charge in [-0.05, 0) is 29.8 Å². The summed E-state index contributed by atoms with van der Waals surface area (Å²) in [6.07, 6.45) is 6.32. The van der Waals surface area contributed by atoms with E-state index in [1.807, 2.05) is 0 Å². The number of aromatic nitrogens is 2. The third-order valence-electron chi connectivity index (χ3n) is 2.86. The highest BCUT2D eigenvalue weighted by Crippen LogP contribution is 2.29. The molecule has 106 valence electrons. The maximum Gasteiger partial charge on any atom is 0.260 e. The van der Waals surface area contributed by atoms with Crippen LogP contribution in [0.15, 0.2) is 53.7 Å². The molecule has 0 radical (unpaired) electrons. The molecule has 0 fully saturated rings. The minimum absolute atomic E-state index is 0.0405. The molecule has 0 aliphatic heterocycles. The molecule has 5 nitrogen and oxygen atoms in total. The number of carbonyl (C=O) groups excluding carboxylic acids is 1. The smallest absolute Gasteiger partial charge is 0.260 e. The van der Waals surface area contributed by atoms with Crippen LogP contribution in [0.1, 0.15) is 10.4 Å². The fourth-order valence-corrected chi connectivity index (χ4v) is 2.39. The van der Waals surface area contributed by atoms with E-state index < -0.39 is 0 Å². The lowest BCUT2D eigenvalue weighted by Gasteiger charge is -2.12. The zero-order chi connectivity index (χ0) is 14.8. The van der Waals surface area contributed by atoms with Gasteiger partial charge in [-0.15, -0.1) is 0 Å². The van der Waals surface area contributed by atoms with E-state index in [1.54, 1.807) is 41.5 Å². The first-order valence-corrected chi connectivity index (χ1v) is 6.73. The van der Waals surface area contributed by atoms with Crippen LogP contribution in [0.2, 0.25) is 10.2 Å². The molecule has 2 aromatic heterocycles. The van der Waals surface area contributed by atoms with Gasteiger partial charge in [0, 0.05) is 12.4 Å². The van der Waals surface area contributed by atoms with Gasteiger partial charge < -0.3 is 14.3 Å². The topological polar surface area (TPSA) is 60.1 Å². The first-order valence-electron chi connectivity index (χ1n) is 5.98. The summed E-state index contributed by atoms with van der Waals surface area (Å²) in [6, 6.07) is 6.72. The Bertz CT molecular complexity index is 781. The first kappa shape index (κ1) is 13.7. The average Bonchev–Trinajstić information content (AvgIpc) is 3.10. The molecule has 0 saturated carbocycles. The van der Waals surface area contributed by atoms with Crippen molar-refractivity contribution < 1.29 is 9.21 Å². The summed E-state index contributed by atoms with van der Waals surface area (Å²) < 4.78 is 6.63. The van der Waals surface area contributed by atoms with Crippen LogP contribution < -0.4 is 5.32 Å². The molecule has 7 heteroatoms. The summed E-state index contributed by atoms with van der Waals surface area (Å²) in [5, 5.41) is 3.30. The molecule has 3 rings (SSSR count). The van der Waals surface area contributed by atoms with Crippen LogP contribution in [0.5, 0.6) is 0 Å². The molecule has 1 aromatic carbocycles. The summed E-state index contributed by atoms with van der Waals surface area (Å²) >= 11 is 12.0. The predicted octanol–water partition coefficient (Wildman–Crippen LogP) is 4.02. The van der Waals surface area contributed by atoms with E-state index in [-0.39, 0.29) is 16.7 Å². The van der Waals surface area contributed by atoms with Gasteiger partial charge in [0.1, 0.15) is 0 Å². The summed E-state index contributed by atoms with van der Waals surface area (Å²) in [7, 11) is 0. The van der Waals surface area contributed by atoms with Crippen LogP contribution in [0, 0.1) is 0 Å². The predicted molar refractivity (Wildman–Crippen MR) is 80.2 cm³/mol. The van der Waals surface area contributed by atoms with Gasteiger partial charge in [-0.2, -0.15) is 0 Å². The zero-order valence-corrected chi connectivity index (χ0v) is 12.1. The van der Waals surface area contributed by atoms with E-state index >= 15 is 0 Å². The van der Waals surface area contributed by atoms with Gasteiger partial charge in [-0.1, -0.05) is 17.7 Å². The molecular formula is C14H9Cl2N3O2. The van der Waals surface area contributed by atoms with Crippen molar-refractivity contribution in [1.82, 2.24) is 9.55 Å². The van der Waals surface area contributed by atoms with Gasteiger partial charge >= 0.3 is 0 Å². The Hall–Kier alpha value is -2.24. The lowest BCUT2D eigenvalue weighted by Crippen LogP contribution is -2.13. The van der Waals surface area contributed by atoms with Crippen LogP contribution in [-0.2, 0) is 0 Å². The van der Waals surface area contributed by atoms with Crippen LogP contribution >= 0.6 is 23.2 Å². The minimum Gasteiger partial charge on any atom is -0.452 e. The number of halogens is 2. The third kappa shape index (κ3) is 2.66. The first-order chi connectivity index (χ1) is 10.2. The molecule has 2 heterocycles. The number of anilines is 1. The molecule has 0 saturated heterocycles. The van der Waals surface area contributed by atoms with Gasteiger partial charge in [0.25, 0.3) is 5.91 Å². The number of imidazole rings is 1. The van der Waals surface area contributed by atoms with E-state index in [1.165, 1.54) is 12.3 Å². The lowest BCUT2D eigenvalue weighted by atomic mass is 10.2. The largest absolute Gasteiger partial charge is 0.452 e. The highest BCUT2D eigenvalue weighted by molar-refractivity contribution is 6.34. The number of rotatable bonds is 3. The Balaban J connectivity index is 1.98. The van der Waals surface area contributed by atoms with Crippen molar-refractivity contribution in [3.05, 3.63) is 65.1 Å². The normalized spacial score (nSPS) is 10.6. The maximum atomic E-state index is 12.2. The summed E-state index contributed by atoms with van der Waals surface area (Å²) in [5.74, 6) is -0.377. The molecule has 0 spiro atoms. The molecular weight excluding hydrogens is 313 g/mol. The van der Waals surface area contributed by atoms with Gasteiger partial charge in [0.05, 0.1) is 34.6 Å². The molecule has 1 amide bonds. The van der Waals surface area contributed by atoms with E-state index in [2.05, 4.69) is 10.3 Å². The Kier molecular flexibility index (Phi) is 3.68. The Labute approximate surface area is 130 Å². The highest BCUT2D eigenvalue weighted by Gasteiger charge is 2.16. The van der Waals surface area contributed by atoms with Crippen molar-refractivity contribution in [3.63, 3.8) is 0 Å². The minimum atomic E-state index is -0.377. The molecule has 0 atom stereocenters. The summed E-state index contributed by atoms with van der Waals surface area (Å²) in [4.78, 5) is 16.2. The summed E-state index contributed by atoms with van der Waals surface area (Å²) in [5.41, 5.74) is 1.43. The van der Waals surface area contributed by atoms with Crippen molar-refractivity contribution >= 4 is 34.8 Å². The van der Waals surface area contributed by atoms with Crippen molar-refractivity contribution in [2.75, 3.05) is 5.32 Å². The Morgan fingerprint density at radius 3 is 2.81 bits per heavy atom. The van der Waals surface area contributed by atoms with Gasteiger partial charge in [0.15, 0.2) is 0 Å².